The van der Waals surface area contributed by atoms with Gasteiger partial charge in [-0.05, 0) is 44.5 Å². The Morgan fingerprint density at radius 1 is 1.29 bits per heavy atom. The molecule has 0 spiro atoms. The number of pyridine rings is 1. The van der Waals surface area contributed by atoms with E-state index in [2.05, 4.69) is 35.3 Å². The van der Waals surface area contributed by atoms with E-state index < -0.39 is 5.76 Å². The highest BCUT2D eigenvalue weighted by Crippen LogP contribution is 2.33. The molecular formula is C26H26ClN7O4. The van der Waals surface area contributed by atoms with Gasteiger partial charge in [0, 0.05) is 36.6 Å². The van der Waals surface area contributed by atoms with Crippen molar-refractivity contribution in [3.63, 3.8) is 0 Å². The number of rotatable bonds is 7. The zero-order valence-corrected chi connectivity index (χ0v) is 21.7. The molecule has 4 aromatic rings. The maximum atomic E-state index is 13.5. The van der Waals surface area contributed by atoms with Crippen LogP contribution < -0.4 is 27.6 Å². The van der Waals surface area contributed by atoms with Crippen molar-refractivity contribution >= 4 is 40.0 Å². The molecule has 1 aliphatic rings. The van der Waals surface area contributed by atoms with E-state index >= 15 is 0 Å². The number of nitrogens with zero attached hydrogens (tertiary/aromatic N) is 3. The number of aromatic amines is 1. The van der Waals surface area contributed by atoms with Gasteiger partial charge in [-0.3, -0.25) is 19.3 Å². The van der Waals surface area contributed by atoms with Crippen molar-refractivity contribution in [1.82, 2.24) is 20.4 Å². The Kier molecular flexibility index (Phi) is 6.87. The van der Waals surface area contributed by atoms with Gasteiger partial charge in [-0.1, -0.05) is 22.8 Å². The molecule has 5 rings (SSSR count). The van der Waals surface area contributed by atoms with Gasteiger partial charge in [0.05, 0.1) is 28.7 Å². The zero-order valence-electron chi connectivity index (χ0n) is 21.0. The first-order valence-electron chi connectivity index (χ1n) is 12.0. The van der Waals surface area contributed by atoms with Gasteiger partial charge in [0.25, 0.3) is 0 Å². The third-order valence-electron chi connectivity index (χ3n) is 6.38. The first-order chi connectivity index (χ1) is 18.2. The molecule has 0 amide bonds. The van der Waals surface area contributed by atoms with E-state index in [-0.39, 0.29) is 28.5 Å². The highest BCUT2D eigenvalue weighted by atomic mass is 35.5. The van der Waals surface area contributed by atoms with Gasteiger partial charge in [0.2, 0.25) is 5.82 Å². The predicted molar refractivity (Wildman–Crippen MR) is 147 cm³/mol. The SMILES string of the molecule is Cc1cc(C(C)Nc2ccc(Cl)nc2-c2noc(=O)[nH]2)c2oc(/C(C=NC3CNC3)=C/N)c(C)c(=O)c2c1. The minimum Gasteiger partial charge on any atom is -0.455 e. The number of allylic oxidation sites excluding steroid dienone is 1. The van der Waals surface area contributed by atoms with E-state index in [1.807, 2.05) is 26.0 Å². The lowest BCUT2D eigenvalue weighted by molar-refractivity contribution is 0.388. The molecule has 1 unspecified atom stereocenters. The summed E-state index contributed by atoms with van der Waals surface area (Å²) in [5.74, 6) is -0.215. The van der Waals surface area contributed by atoms with Crippen molar-refractivity contribution in [1.29, 1.82) is 0 Å². The maximum absolute atomic E-state index is 13.5. The normalized spacial score (nSPS) is 15.2. The molecule has 0 saturated carbocycles. The smallest absolute Gasteiger partial charge is 0.439 e. The lowest BCUT2D eigenvalue weighted by Crippen LogP contribution is -2.45. The maximum Gasteiger partial charge on any atom is 0.439 e. The number of fused-ring (bicyclic) bond motifs is 1. The minimum absolute atomic E-state index is 0.129. The van der Waals surface area contributed by atoms with Crippen LogP contribution in [0.1, 0.15) is 35.4 Å². The van der Waals surface area contributed by atoms with Gasteiger partial charge in [-0.15, -0.1) is 0 Å². The first-order valence-corrected chi connectivity index (χ1v) is 12.4. The molecule has 12 heteroatoms. The Morgan fingerprint density at radius 2 is 2.08 bits per heavy atom. The molecule has 1 aromatic carbocycles. The van der Waals surface area contributed by atoms with Crippen molar-refractivity contribution < 1.29 is 8.94 Å². The first kappa shape index (κ1) is 25.4. The van der Waals surface area contributed by atoms with E-state index in [0.29, 0.717) is 39.2 Å². The van der Waals surface area contributed by atoms with E-state index in [4.69, 9.17) is 21.8 Å². The molecule has 5 N–H and O–H groups in total. The number of benzene rings is 1. The van der Waals surface area contributed by atoms with Crippen LogP contribution >= 0.6 is 11.6 Å². The molecule has 196 valence electrons. The lowest BCUT2D eigenvalue weighted by atomic mass is 9.99. The second-order valence-corrected chi connectivity index (χ2v) is 9.56. The van der Waals surface area contributed by atoms with Crippen LogP contribution in [-0.4, -0.2) is 40.5 Å². The average molecular weight is 536 g/mol. The Bertz CT molecular complexity index is 1700. The van der Waals surface area contributed by atoms with Crippen LogP contribution in [-0.2, 0) is 0 Å². The van der Waals surface area contributed by atoms with Gasteiger partial charge in [0.1, 0.15) is 22.2 Å². The van der Waals surface area contributed by atoms with Crippen LogP contribution in [0.3, 0.4) is 0 Å². The minimum atomic E-state index is -0.712. The van der Waals surface area contributed by atoms with Crippen molar-refractivity contribution in [3.8, 4) is 11.5 Å². The van der Waals surface area contributed by atoms with Crippen LogP contribution in [0.5, 0.6) is 0 Å². The van der Waals surface area contributed by atoms with Crippen LogP contribution in [0, 0.1) is 13.8 Å². The van der Waals surface area contributed by atoms with Crippen LogP contribution in [0.4, 0.5) is 5.69 Å². The molecule has 1 fully saturated rings. The number of nitrogens with one attached hydrogen (secondary N) is 3. The number of halogens is 1. The van der Waals surface area contributed by atoms with Crippen LogP contribution in [0.25, 0.3) is 28.1 Å². The molecule has 1 saturated heterocycles. The monoisotopic (exact) mass is 535 g/mol. The number of H-pyrrole nitrogens is 1. The molecule has 0 bridgehead atoms. The van der Waals surface area contributed by atoms with Gasteiger partial charge in [0.15, 0.2) is 5.43 Å². The third-order valence-corrected chi connectivity index (χ3v) is 6.59. The van der Waals surface area contributed by atoms with Crippen molar-refractivity contribution in [2.75, 3.05) is 18.4 Å². The highest BCUT2D eigenvalue weighted by Gasteiger charge is 2.22. The predicted octanol–water partition coefficient (Wildman–Crippen LogP) is 3.32. The quantitative estimate of drug-likeness (QED) is 0.205. The van der Waals surface area contributed by atoms with E-state index in [1.54, 1.807) is 25.3 Å². The Hall–Kier alpha value is -4.22. The summed E-state index contributed by atoms with van der Waals surface area (Å²) in [6.07, 6.45) is 3.05. The fourth-order valence-electron chi connectivity index (χ4n) is 4.28. The molecule has 4 heterocycles. The zero-order chi connectivity index (χ0) is 27.0. The average Bonchev–Trinajstić information content (AvgIpc) is 3.30. The second-order valence-electron chi connectivity index (χ2n) is 9.17. The van der Waals surface area contributed by atoms with Crippen molar-refractivity contribution in [3.05, 3.63) is 78.8 Å². The third kappa shape index (κ3) is 4.85. The molecule has 1 atom stereocenters. The number of aliphatic imine (C=N–C) groups is 1. The van der Waals surface area contributed by atoms with Gasteiger partial charge in [-0.25, -0.2) is 9.78 Å². The summed E-state index contributed by atoms with van der Waals surface area (Å²) in [4.78, 5) is 36.3. The van der Waals surface area contributed by atoms with Gasteiger partial charge >= 0.3 is 5.76 Å². The summed E-state index contributed by atoms with van der Waals surface area (Å²) in [7, 11) is 0. The Labute approximate surface area is 221 Å². The fraction of sp³-hybridized carbons (Fsp3) is 0.269. The molecule has 0 aliphatic carbocycles. The molecule has 3 aromatic heterocycles. The highest BCUT2D eigenvalue weighted by molar-refractivity contribution is 6.29. The van der Waals surface area contributed by atoms with Crippen molar-refractivity contribution in [2.24, 2.45) is 10.7 Å². The van der Waals surface area contributed by atoms with Crippen molar-refractivity contribution in [2.45, 2.75) is 32.9 Å². The molecule has 0 radical (unpaired) electrons. The molecular weight excluding hydrogens is 510 g/mol. The lowest BCUT2D eigenvalue weighted by Gasteiger charge is -2.23. The largest absolute Gasteiger partial charge is 0.455 e. The molecule has 38 heavy (non-hydrogen) atoms. The Morgan fingerprint density at radius 3 is 2.74 bits per heavy atom. The molecule has 11 nitrogen and oxygen atoms in total. The number of aryl methyl sites for hydroxylation is 1. The van der Waals surface area contributed by atoms with Crippen LogP contribution in [0.2, 0.25) is 5.15 Å². The summed E-state index contributed by atoms with van der Waals surface area (Å²) in [5.41, 5.74) is 9.66. The number of nitrogens with two attached hydrogens (primary N) is 1. The number of anilines is 1. The van der Waals surface area contributed by atoms with Gasteiger partial charge in [-0.2, -0.15) is 0 Å². The second kappa shape index (κ2) is 10.3. The Balaban J connectivity index is 1.59. The number of aromatic nitrogens is 3. The van der Waals surface area contributed by atoms with E-state index in [1.165, 1.54) is 6.20 Å². The summed E-state index contributed by atoms with van der Waals surface area (Å²) in [6, 6.07) is 6.90. The summed E-state index contributed by atoms with van der Waals surface area (Å²) >= 11 is 6.11. The van der Waals surface area contributed by atoms with Crippen LogP contribution in [0.15, 0.2) is 54.0 Å². The van der Waals surface area contributed by atoms with E-state index in [9.17, 15) is 9.59 Å². The topological polar surface area (TPSA) is 164 Å². The summed E-state index contributed by atoms with van der Waals surface area (Å²) < 4.78 is 11.0. The summed E-state index contributed by atoms with van der Waals surface area (Å²) in [5, 5.41) is 11.0. The number of hydrogen-bond donors (Lipinski definition) is 4. The molecule has 1 aliphatic heterocycles. The number of hydrogen-bond acceptors (Lipinski definition) is 10. The van der Waals surface area contributed by atoms with Gasteiger partial charge < -0.3 is 20.8 Å². The standard InChI is InChI=1S/C26H26ClN7O4/c1-12-6-17(14(3)31-19-4-5-20(27)32-21(19)25-33-26(36)38-34-25)24-18(7-12)22(35)13(2)23(37-24)15(8-28)9-30-16-10-29-11-16/h4-9,14,16,29,31H,10-11,28H2,1-3H3,(H,33,34,36)/b15-8+,30-9?. The van der Waals surface area contributed by atoms with E-state index in [0.717, 1.165) is 24.2 Å². The summed E-state index contributed by atoms with van der Waals surface area (Å²) in [6.45, 7) is 7.15. The fourth-order valence-corrected chi connectivity index (χ4v) is 4.43.